The Bertz CT molecular complexity index is 892. The summed E-state index contributed by atoms with van der Waals surface area (Å²) in [6.45, 7) is 1.67. The van der Waals surface area contributed by atoms with Gasteiger partial charge >= 0.3 is 10.1 Å². The van der Waals surface area contributed by atoms with Crippen LogP contribution < -0.4 is 5.73 Å². The second-order valence-corrected chi connectivity index (χ2v) is 7.91. The fraction of sp³-hybridized carbons (Fsp3) is 0.154. The van der Waals surface area contributed by atoms with Crippen LogP contribution in [0.4, 0.5) is 0 Å². The molecule has 0 fully saturated rings. The summed E-state index contributed by atoms with van der Waals surface area (Å²) in [5, 5.41) is 1.26. The van der Waals surface area contributed by atoms with Crippen LogP contribution in [0, 0.1) is 6.92 Å². The van der Waals surface area contributed by atoms with E-state index in [4.69, 9.17) is 21.5 Å². The third kappa shape index (κ3) is 2.36. The fourth-order valence-corrected chi connectivity index (χ4v) is 4.95. The zero-order chi connectivity index (χ0) is 15.4. The molecule has 3 rings (SSSR count). The summed E-state index contributed by atoms with van der Waals surface area (Å²) < 4.78 is 30.6. The second kappa shape index (κ2) is 4.54. The molecule has 2 aromatic rings. The van der Waals surface area contributed by atoms with Crippen LogP contribution in [0.2, 0.25) is 5.02 Å². The van der Waals surface area contributed by atoms with Gasteiger partial charge in [-0.15, -0.1) is 11.3 Å². The van der Waals surface area contributed by atoms with Gasteiger partial charge in [0.15, 0.2) is 4.21 Å². The Morgan fingerprint density at radius 3 is 2.62 bits per heavy atom. The highest BCUT2D eigenvalue weighted by molar-refractivity contribution is 7.89. The molecule has 110 valence electrons. The van der Waals surface area contributed by atoms with Crippen LogP contribution >= 0.6 is 22.9 Å². The highest BCUT2D eigenvalue weighted by Crippen LogP contribution is 2.39. The smallest absolute Gasteiger partial charge is 0.308 e. The summed E-state index contributed by atoms with van der Waals surface area (Å²) >= 11 is 6.99. The number of primary amides is 1. The first kappa shape index (κ1) is 14.5. The minimum absolute atomic E-state index is 0.0501. The molecule has 0 aliphatic heterocycles. The first-order valence-corrected chi connectivity index (χ1v) is 8.50. The number of carbonyl (C=O) groups is 1. The topological polar surface area (TPSA) is 86.5 Å². The molecule has 2 N–H and O–H groups in total. The highest BCUT2D eigenvalue weighted by Gasteiger charge is 2.47. The monoisotopic (exact) mass is 343 g/mol. The van der Waals surface area contributed by atoms with Gasteiger partial charge in [-0.1, -0.05) is 11.6 Å². The van der Waals surface area contributed by atoms with Crippen LogP contribution in [0.5, 0.6) is 0 Å². The first-order chi connectivity index (χ1) is 9.75. The average molecular weight is 344 g/mol. The molecule has 5 nitrogen and oxygen atoms in total. The molecule has 0 atom stereocenters. The van der Waals surface area contributed by atoms with Crippen molar-refractivity contribution in [2.45, 2.75) is 16.7 Å². The third-order valence-corrected chi connectivity index (χ3v) is 6.60. The van der Waals surface area contributed by atoms with Crippen LogP contribution in [-0.4, -0.2) is 19.9 Å². The number of benzene rings is 1. The Hall–Kier alpha value is -1.41. The molecule has 0 radical (unpaired) electrons. The Morgan fingerprint density at radius 2 is 2.05 bits per heavy atom. The summed E-state index contributed by atoms with van der Waals surface area (Å²) in [7, 11) is -4.09. The van der Waals surface area contributed by atoms with Gasteiger partial charge in [-0.2, -0.15) is 8.42 Å². The van der Waals surface area contributed by atoms with Crippen molar-refractivity contribution in [3.63, 3.8) is 0 Å². The van der Waals surface area contributed by atoms with E-state index in [2.05, 4.69) is 0 Å². The Kier molecular flexibility index (Phi) is 3.14. The zero-order valence-corrected chi connectivity index (χ0v) is 13.2. The van der Waals surface area contributed by atoms with Crippen molar-refractivity contribution >= 4 is 49.0 Å². The van der Waals surface area contributed by atoms with Gasteiger partial charge in [0, 0.05) is 9.72 Å². The van der Waals surface area contributed by atoms with Gasteiger partial charge in [-0.05, 0) is 48.2 Å². The van der Waals surface area contributed by atoms with Crippen molar-refractivity contribution in [2.75, 3.05) is 0 Å². The number of hydrogen-bond acceptors (Lipinski definition) is 5. The Labute approximate surface area is 130 Å². The molecule has 1 aromatic heterocycles. The number of amides is 1. The molecule has 0 unspecified atom stereocenters. The van der Waals surface area contributed by atoms with E-state index in [9.17, 15) is 13.2 Å². The van der Waals surface area contributed by atoms with Crippen molar-refractivity contribution in [1.82, 2.24) is 0 Å². The maximum Gasteiger partial charge on any atom is 0.308 e. The van der Waals surface area contributed by atoms with E-state index in [0.717, 1.165) is 21.4 Å². The molecule has 1 heterocycles. The van der Waals surface area contributed by atoms with Gasteiger partial charge < -0.3 is 5.73 Å². The van der Waals surface area contributed by atoms with Crippen molar-refractivity contribution in [3.05, 3.63) is 40.9 Å². The van der Waals surface area contributed by atoms with E-state index >= 15 is 0 Å². The van der Waals surface area contributed by atoms with E-state index in [0.29, 0.717) is 10.6 Å². The second-order valence-electron chi connectivity index (χ2n) is 4.68. The van der Waals surface area contributed by atoms with Crippen molar-refractivity contribution in [2.24, 2.45) is 5.73 Å². The number of carbonyl (C=O) groups excluding carboxylic acids is 1. The average Bonchev–Trinajstić information content (AvgIpc) is 3.09. The Morgan fingerprint density at radius 1 is 1.38 bits per heavy atom. The van der Waals surface area contributed by atoms with Gasteiger partial charge in [0.2, 0.25) is 5.60 Å². The predicted octanol–water partition coefficient (Wildman–Crippen LogP) is 2.36. The van der Waals surface area contributed by atoms with E-state index in [1.165, 1.54) is 12.2 Å². The molecule has 0 saturated carbocycles. The van der Waals surface area contributed by atoms with Gasteiger partial charge in [-0.3, -0.25) is 4.79 Å². The predicted molar refractivity (Wildman–Crippen MR) is 80.9 cm³/mol. The molecule has 1 aromatic carbocycles. The first-order valence-electron chi connectivity index (χ1n) is 5.90. The van der Waals surface area contributed by atoms with Crippen LogP contribution in [0.3, 0.4) is 0 Å². The molecule has 0 bridgehead atoms. The van der Waals surface area contributed by atoms with Gasteiger partial charge in [0.05, 0.1) is 0 Å². The van der Waals surface area contributed by atoms with Gasteiger partial charge in [-0.25, -0.2) is 4.18 Å². The molecule has 0 spiro atoms. The number of fused-ring (bicyclic) bond motifs is 1. The number of nitrogens with two attached hydrogens (primary N) is 1. The van der Waals surface area contributed by atoms with Gasteiger partial charge in [0.1, 0.15) is 0 Å². The van der Waals surface area contributed by atoms with E-state index < -0.39 is 21.6 Å². The molecule has 1 aliphatic rings. The van der Waals surface area contributed by atoms with Gasteiger partial charge in [0.25, 0.3) is 5.91 Å². The molecule has 1 aliphatic carbocycles. The molecular weight excluding hydrogens is 334 g/mol. The molecule has 0 saturated heterocycles. The number of halogens is 1. The van der Waals surface area contributed by atoms with Crippen LogP contribution in [0.1, 0.15) is 5.56 Å². The highest BCUT2D eigenvalue weighted by atomic mass is 35.5. The minimum atomic E-state index is -4.09. The minimum Gasteiger partial charge on any atom is -0.367 e. The Balaban J connectivity index is 2.07. The van der Waals surface area contributed by atoms with E-state index in [1.54, 1.807) is 25.1 Å². The van der Waals surface area contributed by atoms with Crippen molar-refractivity contribution in [1.29, 1.82) is 0 Å². The summed E-state index contributed by atoms with van der Waals surface area (Å²) in [5.74, 6) is -0.854. The number of thiophene rings is 1. The third-order valence-electron chi connectivity index (χ3n) is 3.18. The SMILES string of the molecule is Cc1c(S(=O)(=O)OC2(C(N)=O)C=C2)sc2ccc(Cl)cc12. The summed E-state index contributed by atoms with van der Waals surface area (Å²) in [5.41, 5.74) is 4.07. The normalized spacial score (nSPS) is 16.3. The van der Waals surface area contributed by atoms with E-state index in [-0.39, 0.29) is 4.21 Å². The number of aryl methyl sites for hydroxylation is 1. The summed E-state index contributed by atoms with van der Waals surface area (Å²) in [6, 6.07) is 5.12. The maximum atomic E-state index is 12.4. The lowest BCUT2D eigenvalue weighted by atomic mass is 10.2. The molecule has 21 heavy (non-hydrogen) atoms. The van der Waals surface area contributed by atoms with Crippen molar-refractivity contribution in [3.8, 4) is 0 Å². The van der Waals surface area contributed by atoms with Crippen LogP contribution in [0.25, 0.3) is 10.1 Å². The quantitative estimate of drug-likeness (QED) is 0.682. The summed E-state index contributed by atoms with van der Waals surface area (Å²) in [4.78, 5) is 11.3. The fourth-order valence-electron chi connectivity index (χ4n) is 1.97. The lowest BCUT2D eigenvalue weighted by Gasteiger charge is -2.12. The van der Waals surface area contributed by atoms with Crippen LogP contribution in [-0.2, 0) is 19.1 Å². The van der Waals surface area contributed by atoms with Crippen molar-refractivity contribution < 1.29 is 17.4 Å². The molecule has 1 amide bonds. The molecular formula is C13H10ClNO4S2. The zero-order valence-electron chi connectivity index (χ0n) is 10.8. The lowest BCUT2D eigenvalue weighted by Crippen LogP contribution is -2.36. The standard InChI is InChI=1S/C13H10ClNO4S2/c1-7-9-6-8(14)2-3-10(9)20-11(7)21(17,18)19-13(4-5-13)12(15)16/h2-6H,1H3,(H2,15,16). The molecule has 8 heteroatoms. The number of rotatable bonds is 4. The van der Waals surface area contributed by atoms with Crippen LogP contribution in [0.15, 0.2) is 34.6 Å². The largest absolute Gasteiger partial charge is 0.367 e. The maximum absolute atomic E-state index is 12.4. The summed E-state index contributed by atoms with van der Waals surface area (Å²) in [6.07, 6.45) is 2.62. The lowest BCUT2D eigenvalue weighted by molar-refractivity contribution is -0.124. The van der Waals surface area contributed by atoms with E-state index in [1.807, 2.05) is 0 Å². The number of hydrogen-bond donors (Lipinski definition) is 1.